The summed E-state index contributed by atoms with van der Waals surface area (Å²) in [6.45, 7) is 7.20. The Hall–Kier alpha value is -0.380. The molecule has 0 spiro atoms. The first kappa shape index (κ1) is 9.19. The standard InChI is InChI=1S/C10H15NOS/c1-9-6-10(13-8-9)7-11-2-4-12-5-3-11/h6,8H,2-5,7H2,1H3. The van der Waals surface area contributed by atoms with E-state index in [0.717, 1.165) is 32.8 Å². The van der Waals surface area contributed by atoms with Crippen LogP contribution in [0.4, 0.5) is 0 Å². The Morgan fingerprint density at radius 1 is 1.46 bits per heavy atom. The van der Waals surface area contributed by atoms with Crippen LogP contribution in [0.25, 0.3) is 0 Å². The van der Waals surface area contributed by atoms with Gasteiger partial charge in [0.1, 0.15) is 0 Å². The molecule has 0 aliphatic carbocycles. The topological polar surface area (TPSA) is 12.5 Å². The van der Waals surface area contributed by atoms with E-state index >= 15 is 0 Å². The van der Waals surface area contributed by atoms with Crippen molar-refractivity contribution in [3.63, 3.8) is 0 Å². The summed E-state index contributed by atoms with van der Waals surface area (Å²) in [5.74, 6) is 0. The van der Waals surface area contributed by atoms with Gasteiger partial charge >= 0.3 is 0 Å². The highest BCUT2D eigenvalue weighted by molar-refractivity contribution is 7.10. The second-order valence-corrected chi connectivity index (χ2v) is 4.47. The molecule has 13 heavy (non-hydrogen) atoms. The van der Waals surface area contributed by atoms with Gasteiger partial charge in [-0.2, -0.15) is 0 Å². The second-order valence-electron chi connectivity index (χ2n) is 3.48. The van der Waals surface area contributed by atoms with Gasteiger partial charge in [0.05, 0.1) is 13.2 Å². The van der Waals surface area contributed by atoms with Crippen LogP contribution in [0.5, 0.6) is 0 Å². The Morgan fingerprint density at radius 3 is 2.85 bits per heavy atom. The van der Waals surface area contributed by atoms with Crippen molar-refractivity contribution in [2.45, 2.75) is 13.5 Å². The highest BCUT2D eigenvalue weighted by Crippen LogP contribution is 2.16. The van der Waals surface area contributed by atoms with E-state index in [4.69, 9.17) is 4.74 Å². The van der Waals surface area contributed by atoms with Crippen molar-refractivity contribution in [2.24, 2.45) is 0 Å². The lowest BCUT2D eigenvalue weighted by Gasteiger charge is -2.25. The number of hydrogen-bond donors (Lipinski definition) is 0. The van der Waals surface area contributed by atoms with Gasteiger partial charge in [0.15, 0.2) is 0 Å². The summed E-state index contributed by atoms with van der Waals surface area (Å²) in [7, 11) is 0. The van der Waals surface area contributed by atoms with Gasteiger partial charge in [-0.25, -0.2) is 0 Å². The molecule has 1 aliphatic heterocycles. The summed E-state index contributed by atoms with van der Waals surface area (Å²) in [6.07, 6.45) is 0. The molecule has 0 aromatic carbocycles. The van der Waals surface area contributed by atoms with Gasteiger partial charge in [0.2, 0.25) is 0 Å². The molecule has 3 heteroatoms. The fourth-order valence-corrected chi connectivity index (χ4v) is 2.47. The van der Waals surface area contributed by atoms with Crippen LogP contribution in [-0.2, 0) is 11.3 Å². The smallest absolute Gasteiger partial charge is 0.0594 e. The monoisotopic (exact) mass is 197 g/mol. The molecular formula is C10H15NOS. The molecule has 1 aromatic heterocycles. The molecule has 2 rings (SSSR count). The molecule has 0 N–H and O–H groups in total. The number of ether oxygens (including phenoxy) is 1. The highest BCUT2D eigenvalue weighted by Gasteiger charge is 2.10. The van der Waals surface area contributed by atoms with Crippen LogP contribution < -0.4 is 0 Å². The lowest BCUT2D eigenvalue weighted by Crippen LogP contribution is -2.35. The predicted octanol–water partition coefficient (Wildman–Crippen LogP) is 1.89. The first-order valence-corrected chi connectivity index (χ1v) is 5.57. The van der Waals surface area contributed by atoms with E-state index in [2.05, 4.69) is 23.3 Å². The molecule has 2 nitrogen and oxygen atoms in total. The van der Waals surface area contributed by atoms with Crippen molar-refractivity contribution in [3.05, 3.63) is 21.9 Å². The van der Waals surface area contributed by atoms with E-state index in [1.54, 1.807) is 0 Å². The number of aryl methyl sites for hydroxylation is 1. The Bertz CT molecular complexity index is 266. The second kappa shape index (κ2) is 4.22. The van der Waals surface area contributed by atoms with E-state index in [9.17, 15) is 0 Å². The van der Waals surface area contributed by atoms with Crippen LogP contribution in [0.2, 0.25) is 0 Å². The Labute approximate surface area is 83.1 Å². The number of morpholine rings is 1. The van der Waals surface area contributed by atoms with Crippen LogP contribution in [-0.4, -0.2) is 31.2 Å². The normalized spacial score (nSPS) is 19.2. The lowest BCUT2D eigenvalue weighted by molar-refractivity contribution is 0.0346. The molecule has 1 aliphatic rings. The van der Waals surface area contributed by atoms with E-state index in [1.165, 1.54) is 10.4 Å². The first-order valence-electron chi connectivity index (χ1n) is 4.69. The van der Waals surface area contributed by atoms with Gasteiger partial charge in [0, 0.05) is 24.5 Å². The molecule has 0 saturated carbocycles. The van der Waals surface area contributed by atoms with Crippen LogP contribution in [0.3, 0.4) is 0 Å². The van der Waals surface area contributed by atoms with Crippen molar-refractivity contribution in [2.75, 3.05) is 26.3 Å². The number of rotatable bonds is 2. The Morgan fingerprint density at radius 2 is 2.23 bits per heavy atom. The fourth-order valence-electron chi connectivity index (χ4n) is 1.55. The summed E-state index contributed by atoms with van der Waals surface area (Å²) in [5.41, 5.74) is 1.38. The van der Waals surface area contributed by atoms with Gasteiger partial charge in [-0.3, -0.25) is 4.90 Å². The lowest BCUT2D eigenvalue weighted by atomic mass is 10.3. The molecule has 1 fully saturated rings. The maximum Gasteiger partial charge on any atom is 0.0594 e. The third-order valence-electron chi connectivity index (χ3n) is 2.27. The van der Waals surface area contributed by atoms with Gasteiger partial charge in [0.25, 0.3) is 0 Å². The van der Waals surface area contributed by atoms with Gasteiger partial charge < -0.3 is 4.74 Å². The van der Waals surface area contributed by atoms with E-state index in [0.29, 0.717) is 0 Å². The average molecular weight is 197 g/mol. The summed E-state index contributed by atoms with van der Waals surface area (Å²) >= 11 is 1.86. The number of hydrogen-bond acceptors (Lipinski definition) is 3. The maximum absolute atomic E-state index is 5.30. The molecule has 0 unspecified atom stereocenters. The minimum atomic E-state index is 0.893. The third-order valence-corrected chi connectivity index (χ3v) is 3.31. The van der Waals surface area contributed by atoms with Gasteiger partial charge in [-0.15, -0.1) is 11.3 Å². The number of thiophene rings is 1. The average Bonchev–Trinajstić information content (AvgIpc) is 2.53. The van der Waals surface area contributed by atoms with Crippen molar-refractivity contribution in [3.8, 4) is 0 Å². The van der Waals surface area contributed by atoms with E-state index in [1.807, 2.05) is 11.3 Å². The first-order chi connectivity index (χ1) is 6.34. The van der Waals surface area contributed by atoms with Gasteiger partial charge in [-0.1, -0.05) is 0 Å². The van der Waals surface area contributed by atoms with E-state index in [-0.39, 0.29) is 0 Å². The van der Waals surface area contributed by atoms with Crippen LogP contribution >= 0.6 is 11.3 Å². The van der Waals surface area contributed by atoms with Gasteiger partial charge in [-0.05, 0) is 23.9 Å². The zero-order valence-corrected chi connectivity index (χ0v) is 8.77. The molecule has 2 heterocycles. The van der Waals surface area contributed by atoms with Crippen molar-refractivity contribution in [1.82, 2.24) is 4.90 Å². The molecule has 1 aromatic rings. The molecule has 72 valence electrons. The van der Waals surface area contributed by atoms with Crippen LogP contribution in [0.15, 0.2) is 11.4 Å². The summed E-state index contributed by atoms with van der Waals surface area (Å²) in [5, 5.41) is 2.22. The number of nitrogens with zero attached hydrogens (tertiary/aromatic N) is 1. The predicted molar refractivity (Wildman–Crippen MR) is 55.2 cm³/mol. The molecule has 0 amide bonds. The van der Waals surface area contributed by atoms with Crippen molar-refractivity contribution < 1.29 is 4.74 Å². The zero-order chi connectivity index (χ0) is 9.10. The Balaban J connectivity index is 1.89. The molecule has 0 atom stereocenters. The van der Waals surface area contributed by atoms with Crippen LogP contribution in [0.1, 0.15) is 10.4 Å². The third kappa shape index (κ3) is 2.53. The highest BCUT2D eigenvalue weighted by atomic mass is 32.1. The molecule has 0 radical (unpaired) electrons. The maximum atomic E-state index is 5.30. The molecule has 1 saturated heterocycles. The molecular weight excluding hydrogens is 182 g/mol. The van der Waals surface area contributed by atoms with Crippen LogP contribution in [0, 0.1) is 6.92 Å². The summed E-state index contributed by atoms with van der Waals surface area (Å²) < 4.78 is 5.30. The summed E-state index contributed by atoms with van der Waals surface area (Å²) in [4.78, 5) is 3.92. The summed E-state index contributed by atoms with van der Waals surface area (Å²) in [6, 6.07) is 2.28. The SMILES string of the molecule is Cc1csc(CN2CCOCC2)c1. The Kier molecular flexibility index (Phi) is 2.98. The largest absolute Gasteiger partial charge is 0.379 e. The van der Waals surface area contributed by atoms with E-state index < -0.39 is 0 Å². The molecule has 0 bridgehead atoms. The quantitative estimate of drug-likeness (QED) is 0.718. The fraction of sp³-hybridized carbons (Fsp3) is 0.600. The van der Waals surface area contributed by atoms with Crippen molar-refractivity contribution in [1.29, 1.82) is 0 Å². The zero-order valence-electron chi connectivity index (χ0n) is 7.95. The minimum absolute atomic E-state index is 0.893. The minimum Gasteiger partial charge on any atom is -0.379 e. The van der Waals surface area contributed by atoms with Crippen molar-refractivity contribution >= 4 is 11.3 Å².